The van der Waals surface area contributed by atoms with E-state index in [1.165, 1.54) is 22.6 Å². The highest BCUT2D eigenvalue weighted by atomic mass is 32.2. The van der Waals surface area contributed by atoms with Crippen molar-refractivity contribution in [2.45, 2.75) is 23.8 Å². The number of nitrogens with zero attached hydrogens (tertiary/aromatic N) is 2. The molecule has 1 aliphatic rings. The second-order valence-corrected chi connectivity index (χ2v) is 6.48. The van der Waals surface area contributed by atoms with Crippen molar-refractivity contribution < 1.29 is 8.42 Å². The van der Waals surface area contributed by atoms with E-state index >= 15 is 0 Å². The van der Waals surface area contributed by atoms with E-state index in [9.17, 15) is 8.42 Å². The zero-order valence-electron chi connectivity index (χ0n) is 10.6. The molecule has 0 fully saturated rings. The van der Waals surface area contributed by atoms with Crippen molar-refractivity contribution in [3.63, 3.8) is 0 Å². The van der Waals surface area contributed by atoms with E-state index in [1.54, 1.807) is 7.05 Å². The van der Waals surface area contributed by atoms with Gasteiger partial charge in [0.1, 0.15) is 4.90 Å². The summed E-state index contributed by atoms with van der Waals surface area (Å²) in [6.07, 6.45) is 4.58. The Bertz CT molecular complexity index is 706. The summed E-state index contributed by atoms with van der Waals surface area (Å²) >= 11 is 0. The van der Waals surface area contributed by atoms with Crippen LogP contribution < -0.4 is 4.72 Å². The maximum atomic E-state index is 12.2. The lowest BCUT2D eigenvalue weighted by atomic mass is 10.1. The first-order valence-corrected chi connectivity index (χ1v) is 7.63. The number of rotatable bonds is 3. The van der Waals surface area contributed by atoms with Crippen LogP contribution in [-0.4, -0.2) is 18.2 Å². The molecule has 1 aliphatic carbocycles. The highest BCUT2D eigenvalue weighted by Gasteiger charge is 2.27. The zero-order chi connectivity index (χ0) is 13.5. The lowest BCUT2D eigenvalue weighted by Gasteiger charge is -2.13. The molecule has 1 aromatic heterocycles. The van der Waals surface area contributed by atoms with Gasteiger partial charge in [-0.1, -0.05) is 24.3 Å². The maximum absolute atomic E-state index is 12.2. The molecule has 2 aromatic rings. The number of nitrogens with one attached hydrogen (secondary N) is 1. The van der Waals surface area contributed by atoms with Crippen LogP contribution >= 0.6 is 0 Å². The highest BCUT2D eigenvalue weighted by Crippen LogP contribution is 2.31. The molecule has 0 radical (unpaired) electrons. The second kappa shape index (κ2) is 4.47. The van der Waals surface area contributed by atoms with Gasteiger partial charge in [0.2, 0.25) is 10.0 Å². The first-order valence-electron chi connectivity index (χ1n) is 6.15. The molecule has 6 heteroatoms. The lowest BCUT2D eigenvalue weighted by molar-refractivity contribution is 0.554. The summed E-state index contributed by atoms with van der Waals surface area (Å²) in [5.41, 5.74) is 2.30. The van der Waals surface area contributed by atoms with Gasteiger partial charge in [-0.3, -0.25) is 4.68 Å². The topological polar surface area (TPSA) is 64.0 Å². The molecule has 0 aliphatic heterocycles. The predicted octanol–water partition coefficient (Wildman–Crippen LogP) is 1.39. The SMILES string of the molecule is Cn1cc(S(=O)(=O)N[C@@H]2CCc3ccccc32)cn1. The summed E-state index contributed by atoms with van der Waals surface area (Å²) in [6, 6.07) is 7.82. The van der Waals surface area contributed by atoms with E-state index in [4.69, 9.17) is 0 Å². The number of hydrogen-bond donors (Lipinski definition) is 1. The quantitative estimate of drug-likeness (QED) is 0.922. The van der Waals surface area contributed by atoms with Crippen molar-refractivity contribution >= 4 is 10.0 Å². The smallest absolute Gasteiger partial charge is 0.244 e. The van der Waals surface area contributed by atoms with Gasteiger partial charge in [-0.15, -0.1) is 0 Å². The van der Waals surface area contributed by atoms with Gasteiger partial charge in [0.05, 0.1) is 6.20 Å². The van der Waals surface area contributed by atoms with Gasteiger partial charge in [0, 0.05) is 19.3 Å². The standard InChI is InChI=1S/C13H15N3O2S/c1-16-9-11(8-14-16)19(17,18)15-13-7-6-10-4-2-3-5-12(10)13/h2-5,8-9,13,15H,6-7H2,1H3/t13-/m1/s1. The molecule has 0 unspecified atom stereocenters. The number of fused-ring (bicyclic) bond motifs is 1. The van der Waals surface area contributed by atoms with Gasteiger partial charge in [0.15, 0.2) is 0 Å². The van der Waals surface area contributed by atoms with E-state index in [1.807, 2.05) is 24.3 Å². The Morgan fingerprint density at radius 3 is 2.89 bits per heavy atom. The Hall–Kier alpha value is -1.66. The minimum absolute atomic E-state index is 0.138. The summed E-state index contributed by atoms with van der Waals surface area (Å²) in [4.78, 5) is 0.208. The molecule has 0 saturated heterocycles. The van der Waals surface area contributed by atoms with Crippen molar-refractivity contribution in [1.29, 1.82) is 0 Å². The fourth-order valence-electron chi connectivity index (χ4n) is 2.47. The molecule has 3 rings (SSSR count). The molecular formula is C13H15N3O2S. The minimum Gasteiger partial charge on any atom is -0.274 e. The van der Waals surface area contributed by atoms with E-state index in [0.29, 0.717) is 0 Å². The summed E-state index contributed by atoms with van der Waals surface area (Å²) in [5, 5.41) is 3.90. The minimum atomic E-state index is -3.50. The summed E-state index contributed by atoms with van der Waals surface area (Å²) in [7, 11) is -1.80. The van der Waals surface area contributed by atoms with Crippen LogP contribution in [0.2, 0.25) is 0 Å². The monoisotopic (exact) mass is 277 g/mol. The zero-order valence-corrected chi connectivity index (χ0v) is 11.4. The van der Waals surface area contributed by atoms with Gasteiger partial charge >= 0.3 is 0 Å². The fourth-order valence-corrected chi connectivity index (χ4v) is 3.71. The molecule has 5 nitrogen and oxygen atoms in total. The number of hydrogen-bond acceptors (Lipinski definition) is 3. The van der Waals surface area contributed by atoms with E-state index < -0.39 is 10.0 Å². The summed E-state index contributed by atoms with van der Waals surface area (Å²) < 4.78 is 28.7. The fraction of sp³-hybridized carbons (Fsp3) is 0.308. The summed E-state index contributed by atoms with van der Waals surface area (Å²) in [6.45, 7) is 0. The number of aromatic nitrogens is 2. The molecule has 0 spiro atoms. The molecular weight excluding hydrogens is 262 g/mol. The van der Waals surface area contributed by atoms with Gasteiger partial charge in [-0.25, -0.2) is 13.1 Å². The Morgan fingerprint density at radius 1 is 1.37 bits per heavy atom. The molecule has 1 aromatic carbocycles. The van der Waals surface area contributed by atoms with Crippen LogP contribution in [0.25, 0.3) is 0 Å². The third-order valence-corrected chi connectivity index (χ3v) is 4.85. The molecule has 0 amide bonds. The van der Waals surface area contributed by atoms with E-state index in [0.717, 1.165) is 18.4 Å². The molecule has 1 atom stereocenters. The second-order valence-electron chi connectivity index (χ2n) is 4.76. The number of benzene rings is 1. The van der Waals surface area contributed by atoms with Gasteiger partial charge in [-0.05, 0) is 24.0 Å². The molecule has 19 heavy (non-hydrogen) atoms. The summed E-state index contributed by atoms with van der Waals surface area (Å²) in [5.74, 6) is 0. The van der Waals surface area contributed by atoms with Crippen LogP contribution in [0.15, 0.2) is 41.6 Å². The Morgan fingerprint density at radius 2 is 2.16 bits per heavy atom. The lowest BCUT2D eigenvalue weighted by Crippen LogP contribution is -2.27. The van der Waals surface area contributed by atoms with Crippen molar-refractivity contribution in [3.8, 4) is 0 Å². The third-order valence-electron chi connectivity index (χ3n) is 3.42. The van der Waals surface area contributed by atoms with Crippen LogP contribution in [0.1, 0.15) is 23.6 Å². The van der Waals surface area contributed by atoms with Crippen LogP contribution in [-0.2, 0) is 23.5 Å². The average Bonchev–Trinajstić information content (AvgIpc) is 2.97. The van der Waals surface area contributed by atoms with Crippen molar-refractivity contribution in [3.05, 3.63) is 47.8 Å². The van der Waals surface area contributed by atoms with Gasteiger partial charge < -0.3 is 0 Å². The van der Waals surface area contributed by atoms with Crippen molar-refractivity contribution in [2.75, 3.05) is 0 Å². The third kappa shape index (κ3) is 2.29. The first kappa shape index (κ1) is 12.4. The Kier molecular flexibility index (Phi) is 2.91. The highest BCUT2D eigenvalue weighted by molar-refractivity contribution is 7.89. The molecule has 0 saturated carbocycles. The van der Waals surface area contributed by atoms with Crippen molar-refractivity contribution in [2.24, 2.45) is 7.05 Å². The molecule has 100 valence electrons. The predicted molar refractivity (Wildman–Crippen MR) is 71.0 cm³/mol. The van der Waals surface area contributed by atoms with Gasteiger partial charge in [0.25, 0.3) is 0 Å². The van der Waals surface area contributed by atoms with E-state index in [2.05, 4.69) is 9.82 Å². The number of sulfonamides is 1. The van der Waals surface area contributed by atoms with Crippen LogP contribution in [0.3, 0.4) is 0 Å². The van der Waals surface area contributed by atoms with Crippen LogP contribution in [0, 0.1) is 0 Å². The first-order chi connectivity index (χ1) is 9.06. The van der Waals surface area contributed by atoms with E-state index in [-0.39, 0.29) is 10.9 Å². The number of aryl methyl sites for hydroxylation is 2. The maximum Gasteiger partial charge on any atom is 0.244 e. The molecule has 1 N–H and O–H groups in total. The van der Waals surface area contributed by atoms with Crippen LogP contribution in [0.5, 0.6) is 0 Å². The van der Waals surface area contributed by atoms with Crippen LogP contribution in [0.4, 0.5) is 0 Å². The van der Waals surface area contributed by atoms with Gasteiger partial charge in [-0.2, -0.15) is 5.10 Å². The largest absolute Gasteiger partial charge is 0.274 e. The molecule has 1 heterocycles. The Balaban J connectivity index is 1.87. The Labute approximate surface area is 112 Å². The average molecular weight is 277 g/mol. The normalized spacial score (nSPS) is 18.5. The van der Waals surface area contributed by atoms with Crippen molar-refractivity contribution in [1.82, 2.24) is 14.5 Å². The molecule has 0 bridgehead atoms.